The summed E-state index contributed by atoms with van der Waals surface area (Å²) >= 11 is 0. The van der Waals surface area contributed by atoms with Crippen molar-refractivity contribution in [1.29, 1.82) is 0 Å². The highest BCUT2D eigenvalue weighted by Gasteiger charge is 2.32. The van der Waals surface area contributed by atoms with Gasteiger partial charge in [0.15, 0.2) is 0 Å². The van der Waals surface area contributed by atoms with E-state index in [4.69, 9.17) is 9.05 Å². The van der Waals surface area contributed by atoms with Crippen molar-refractivity contribution >= 4 is 7.60 Å². The van der Waals surface area contributed by atoms with Crippen LogP contribution in [0.25, 0.3) is 0 Å². The first-order chi connectivity index (χ1) is 12.6. The molecule has 0 aliphatic carbocycles. The third-order valence-corrected chi connectivity index (χ3v) is 7.11. The molecule has 0 radical (unpaired) electrons. The lowest BCUT2D eigenvalue weighted by atomic mass is 9.78. The van der Waals surface area contributed by atoms with Gasteiger partial charge in [-0.3, -0.25) is 4.57 Å². The van der Waals surface area contributed by atoms with Crippen LogP contribution in [0, 0.1) is 0 Å². The van der Waals surface area contributed by atoms with Gasteiger partial charge in [0.2, 0.25) is 0 Å². The normalized spacial score (nSPS) is 17.2. The summed E-state index contributed by atoms with van der Waals surface area (Å²) in [4.78, 5) is 0. The molecule has 28 heavy (non-hydrogen) atoms. The molecule has 0 saturated carbocycles. The zero-order chi connectivity index (χ0) is 21.9. The highest BCUT2D eigenvalue weighted by molar-refractivity contribution is 7.53. The molecule has 0 aromatic heterocycles. The van der Waals surface area contributed by atoms with E-state index in [1.807, 2.05) is 39.8 Å². The minimum atomic E-state index is -3.33. The van der Waals surface area contributed by atoms with Gasteiger partial charge in [0.25, 0.3) is 0 Å². The summed E-state index contributed by atoms with van der Waals surface area (Å²) in [7, 11) is -3.33. The van der Waals surface area contributed by atoms with Gasteiger partial charge < -0.3 is 14.2 Å². The van der Waals surface area contributed by atoms with Gasteiger partial charge in [-0.1, -0.05) is 67.5 Å². The van der Waals surface area contributed by atoms with E-state index in [0.29, 0.717) is 5.75 Å². The van der Waals surface area contributed by atoms with E-state index >= 15 is 0 Å². The highest BCUT2D eigenvalue weighted by Crippen LogP contribution is 2.55. The Morgan fingerprint density at radius 3 is 1.54 bits per heavy atom. The fraction of sp³-hybridized carbons (Fsp3) is 0.739. The fourth-order valence-corrected chi connectivity index (χ4v) is 5.17. The minimum absolute atomic E-state index is 0.142. The molecule has 1 rings (SSSR count). The second-order valence-corrected chi connectivity index (χ2v) is 11.9. The maximum Gasteiger partial charge on any atom is 0.335 e. The second kappa shape index (κ2) is 9.32. The number of phenols is 1. The van der Waals surface area contributed by atoms with Crippen LogP contribution >= 0.6 is 7.60 Å². The van der Waals surface area contributed by atoms with E-state index in [1.54, 1.807) is 0 Å². The fourth-order valence-electron chi connectivity index (χ4n) is 2.95. The van der Waals surface area contributed by atoms with Crippen LogP contribution in [0.2, 0.25) is 0 Å². The molecule has 5 heteroatoms. The van der Waals surface area contributed by atoms with E-state index in [-0.39, 0.29) is 29.2 Å². The van der Waals surface area contributed by atoms with Crippen molar-refractivity contribution in [2.24, 2.45) is 0 Å². The Morgan fingerprint density at radius 1 is 0.893 bits per heavy atom. The van der Waals surface area contributed by atoms with Gasteiger partial charge >= 0.3 is 7.60 Å². The predicted octanol–water partition coefficient (Wildman–Crippen LogP) is 7.31. The largest absolute Gasteiger partial charge is 0.507 e. The highest BCUT2D eigenvalue weighted by atomic mass is 31.2. The van der Waals surface area contributed by atoms with E-state index in [1.165, 1.54) is 0 Å². The summed E-state index contributed by atoms with van der Waals surface area (Å²) in [6.45, 7) is 20.3. The molecule has 0 saturated heterocycles. The number of rotatable bonds is 8. The summed E-state index contributed by atoms with van der Waals surface area (Å²) in [6.07, 6.45) is 1.45. The topological polar surface area (TPSA) is 55.8 Å². The van der Waals surface area contributed by atoms with Crippen LogP contribution in [0.1, 0.15) is 98.8 Å². The molecular weight excluding hydrogens is 371 g/mol. The second-order valence-electron chi connectivity index (χ2n) is 9.96. The summed E-state index contributed by atoms with van der Waals surface area (Å²) in [5.41, 5.74) is 2.11. The molecule has 1 N–H and O–H groups in total. The number of hydrogen-bond donors (Lipinski definition) is 1. The standard InChI is InChI=1S/C23H41O4P/c1-11-16(3)26-28(25,27-17(4)12-2)15-18-13-19(22(5,6)7)21(24)20(14-18)23(8,9)10/h13-14,16-17,24H,11-12,15H2,1-10H3. The average Bonchev–Trinajstić information content (AvgIpc) is 2.53. The molecule has 0 aliphatic rings. The molecule has 1 aromatic carbocycles. The average molecular weight is 413 g/mol. The Morgan fingerprint density at radius 2 is 1.25 bits per heavy atom. The molecule has 0 spiro atoms. The Bertz CT molecular complexity index is 647. The third-order valence-electron chi connectivity index (χ3n) is 4.99. The van der Waals surface area contributed by atoms with Crippen molar-refractivity contribution in [3.05, 3.63) is 28.8 Å². The van der Waals surface area contributed by atoms with Crippen molar-refractivity contribution in [3.8, 4) is 5.75 Å². The van der Waals surface area contributed by atoms with Crippen molar-refractivity contribution in [2.75, 3.05) is 0 Å². The lowest BCUT2D eigenvalue weighted by Crippen LogP contribution is -2.18. The Balaban J connectivity index is 3.48. The molecule has 0 bridgehead atoms. The van der Waals surface area contributed by atoms with E-state index in [2.05, 4.69) is 41.5 Å². The monoisotopic (exact) mass is 412 g/mol. The number of benzene rings is 1. The van der Waals surface area contributed by atoms with Gasteiger partial charge in [-0.15, -0.1) is 0 Å². The van der Waals surface area contributed by atoms with Crippen LogP contribution in [-0.4, -0.2) is 17.3 Å². The van der Waals surface area contributed by atoms with Crippen LogP contribution in [0.5, 0.6) is 5.75 Å². The minimum Gasteiger partial charge on any atom is -0.507 e. The van der Waals surface area contributed by atoms with E-state index in [0.717, 1.165) is 29.5 Å². The Labute approximate surface area is 172 Å². The van der Waals surface area contributed by atoms with Gasteiger partial charge in [-0.05, 0) is 54.2 Å². The number of phenolic OH excluding ortho intramolecular Hbond substituents is 1. The van der Waals surface area contributed by atoms with Crippen molar-refractivity contribution in [3.63, 3.8) is 0 Å². The molecule has 2 unspecified atom stereocenters. The lowest BCUT2D eigenvalue weighted by Gasteiger charge is -2.29. The van der Waals surface area contributed by atoms with Gasteiger partial charge in [-0.2, -0.15) is 0 Å². The van der Waals surface area contributed by atoms with Crippen molar-refractivity contribution in [2.45, 2.75) is 111 Å². The van der Waals surface area contributed by atoms with Gasteiger partial charge in [0.1, 0.15) is 5.75 Å². The molecule has 2 atom stereocenters. The maximum absolute atomic E-state index is 13.6. The van der Waals surface area contributed by atoms with Crippen molar-refractivity contribution < 1.29 is 18.7 Å². The SMILES string of the molecule is CCC(C)OP(=O)(Cc1cc(C(C)(C)C)c(O)c(C(C)(C)C)c1)OC(C)CC. The van der Waals surface area contributed by atoms with Crippen LogP contribution in [0.15, 0.2) is 12.1 Å². The first-order valence-corrected chi connectivity index (χ1v) is 12.2. The molecular formula is C23H41O4P. The number of aromatic hydroxyl groups is 1. The zero-order valence-electron chi connectivity index (χ0n) is 19.5. The van der Waals surface area contributed by atoms with Gasteiger partial charge in [0.05, 0.1) is 18.4 Å². The third kappa shape index (κ3) is 6.90. The van der Waals surface area contributed by atoms with Crippen LogP contribution in [0.4, 0.5) is 0 Å². The van der Waals surface area contributed by atoms with E-state index < -0.39 is 7.60 Å². The summed E-state index contributed by atoms with van der Waals surface area (Å²) < 4.78 is 25.5. The number of hydrogen-bond acceptors (Lipinski definition) is 4. The van der Waals surface area contributed by atoms with E-state index in [9.17, 15) is 9.67 Å². The smallest absolute Gasteiger partial charge is 0.335 e. The predicted molar refractivity (Wildman–Crippen MR) is 118 cm³/mol. The summed E-state index contributed by atoms with van der Waals surface area (Å²) in [5, 5.41) is 10.9. The molecule has 162 valence electrons. The molecule has 0 fully saturated rings. The quantitative estimate of drug-likeness (QED) is 0.455. The molecule has 0 amide bonds. The molecule has 0 aliphatic heterocycles. The molecule has 1 aromatic rings. The summed E-state index contributed by atoms with van der Waals surface area (Å²) in [5.74, 6) is 0.323. The molecule has 4 nitrogen and oxygen atoms in total. The maximum atomic E-state index is 13.6. The van der Waals surface area contributed by atoms with Crippen LogP contribution in [0.3, 0.4) is 0 Å². The Hall–Kier alpha value is -0.830. The van der Waals surface area contributed by atoms with Crippen molar-refractivity contribution in [1.82, 2.24) is 0 Å². The van der Waals surface area contributed by atoms with Gasteiger partial charge in [0, 0.05) is 0 Å². The lowest BCUT2D eigenvalue weighted by molar-refractivity contribution is 0.123. The van der Waals surface area contributed by atoms with Crippen LogP contribution in [-0.2, 0) is 30.6 Å². The van der Waals surface area contributed by atoms with Gasteiger partial charge in [-0.25, -0.2) is 0 Å². The molecule has 0 heterocycles. The first kappa shape index (κ1) is 25.2. The first-order valence-electron chi connectivity index (χ1n) is 10.5. The summed E-state index contributed by atoms with van der Waals surface area (Å²) in [6, 6.07) is 3.91. The zero-order valence-corrected chi connectivity index (χ0v) is 20.4. The Kier molecular flexibility index (Phi) is 8.39. The van der Waals surface area contributed by atoms with Crippen LogP contribution < -0.4 is 0 Å².